The van der Waals surface area contributed by atoms with Gasteiger partial charge in [-0.3, -0.25) is 14.4 Å². The molecule has 0 bridgehead atoms. The minimum absolute atomic E-state index is 0.00929. The second-order valence-electron chi connectivity index (χ2n) is 7.62. The molecule has 0 saturated carbocycles. The number of rotatable bonds is 7. The van der Waals surface area contributed by atoms with E-state index in [1.54, 1.807) is 42.3 Å². The maximum absolute atomic E-state index is 12.5. The molecule has 158 valence electrons. The van der Waals surface area contributed by atoms with E-state index < -0.39 is 0 Å². The van der Waals surface area contributed by atoms with Crippen LogP contribution in [0.1, 0.15) is 52.0 Å². The zero-order valence-electron chi connectivity index (χ0n) is 17.5. The monoisotopic (exact) mass is 408 g/mol. The molecule has 0 radical (unpaired) electrons. The third-order valence-corrected chi connectivity index (χ3v) is 5.47. The highest BCUT2D eigenvalue weighted by molar-refractivity contribution is 5.98. The van der Waals surface area contributed by atoms with Gasteiger partial charge in [-0.25, -0.2) is 0 Å². The Morgan fingerprint density at radius 3 is 2.33 bits per heavy atom. The zero-order valence-corrected chi connectivity index (χ0v) is 17.5. The molecular formula is C24H28N2O4. The molecule has 3 rings (SSSR count). The average Bonchev–Trinajstić information content (AvgIpc) is 2.78. The third kappa shape index (κ3) is 5.47. The van der Waals surface area contributed by atoms with E-state index in [1.807, 2.05) is 25.1 Å². The van der Waals surface area contributed by atoms with Gasteiger partial charge in [-0.1, -0.05) is 42.0 Å². The quantitative estimate of drug-likeness (QED) is 0.713. The highest BCUT2D eigenvalue weighted by atomic mass is 16.5. The predicted octanol–water partition coefficient (Wildman–Crippen LogP) is 3.39. The predicted molar refractivity (Wildman–Crippen MR) is 115 cm³/mol. The summed E-state index contributed by atoms with van der Waals surface area (Å²) in [5.41, 5.74) is 2.25. The number of piperidine rings is 1. The van der Waals surface area contributed by atoms with Gasteiger partial charge >= 0.3 is 0 Å². The molecule has 0 aromatic heterocycles. The lowest BCUT2D eigenvalue weighted by Gasteiger charge is -2.32. The number of nitrogens with one attached hydrogen (secondary N) is 1. The highest BCUT2D eigenvalue weighted by Gasteiger charge is 2.25. The number of likely N-dealkylation sites (tertiary alicyclic amines) is 1. The van der Waals surface area contributed by atoms with Gasteiger partial charge in [0.1, 0.15) is 5.75 Å². The molecule has 1 fully saturated rings. The Morgan fingerprint density at radius 1 is 1.00 bits per heavy atom. The first-order valence-electron chi connectivity index (χ1n) is 10.3. The number of amides is 2. The van der Waals surface area contributed by atoms with Gasteiger partial charge in [0.2, 0.25) is 5.91 Å². The summed E-state index contributed by atoms with van der Waals surface area (Å²) < 4.78 is 5.25. The van der Waals surface area contributed by atoms with Crippen LogP contribution >= 0.6 is 0 Å². The fourth-order valence-corrected chi connectivity index (χ4v) is 3.63. The molecule has 1 aliphatic heterocycles. The molecule has 1 aliphatic rings. The fourth-order valence-electron chi connectivity index (χ4n) is 3.63. The van der Waals surface area contributed by atoms with Crippen LogP contribution in [0.15, 0.2) is 48.5 Å². The number of ketones is 1. The molecule has 0 atom stereocenters. The molecule has 0 unspecified atom stereocenters. The van der Waals surface area contributed by atoms with E-state index >= 15 is 0 Å². The van der Waals surface area contributed by atoms with Crippen LogP contribution in [-0.2, 0) is 4.79 Å². The molecule has 0 spiro atoms. The van der Waals surface area contributed by atoms with Crippen LogP contribution in [-0.4, -0.2) is 48.7 Å². The van der Waals surface area contributed by atoms with E-state index in [0.717, 1.165) is 5.56 Å². The Balaban J connectivity index is 1.44. The number of para-hydroxylation sites is 1. The van der Waals surface area contributed by atoms with E-state index in [0.29, 0.717) is 42.8 Å². The average molecular weight is 408 g/mol. The summed E-state index contributed by atoms with van der Waals surface area (Å²) in [6.45, 7) is 3.13. The van der Waals surface area contributed by atoms with Gasteiger partial charge in [0.05, 0.1) is 12.7 Å². The largest absolute Gasteiger partial charge is 0.496 e. The maximum Gasteiger partial charge on any atom is 0.255 e. The van der Waals surface area contributed by atoms with Gasteiger partial charge < -0.3 is 15.0 Å². The number of carbonyl (C=O) groups is 3. The molecule has 1 saturated heterocycles. The lowest BCUT2D eigenvalue weighted by Crippen LogP contribution is -2.46. The van der Waals surface area contributed by atoms with Crippen molar-refractivity contribution in [1.29, 1.82) is 0 Å². The van der Waals surface area contributed by atoms with Crippen molar-refractivity contribution in [3.63, 3.8) is 0 Å². The van der Waals surface area contributed by atoms with Crippen LogP contribution in [0.2, 0.25) is 0 Å². The number of carbonyl (C=O) groups excluding carboxylic acids is 3. The van der Waals surface area contributed by atoms with Crippen LogP contribution in [0.25, 0.3) is 0 Å². The second kappa shape index (κ2) is 10.1. The zero-order chi connectivity index (χ0) is 21.5. The van der Waals surface area contributed by atoms with Crippen molar-refractivity contribution in [2.24, 2.45) is 0 Å². The number of ether oxygens (including phenoxy) is 1. The van der Waals surface area contributed by atoms with Crippen molar-refractivity contribution in [3.8, 4) is 5.75 Å². The summed E-state index contributed by atoms with van der Waals surface area (Å²) >= 11 is 0. The minimum atomic E-state index is -0.166. The summed E-state index contributed by atoms with van der Waals surface area (Å²) in [5.74, 6) is 0.356. The Hall–Kier alpha value is -3.15. The van der Waals surface area contributed by atoms with Gasteiger partial charge in [0.25, 0.3) is 5.91 Å². The van der Waals surface area contributed by atoms with E-state index in [9.17, 15) is 14.4 Å². The molecule has 2 aromatic carbocycles. The topological polar surface area (TPSA) is 75.7 Å². The fraction of sp³-hybridized carbons (Fsp3) is 0.375. The second-order valence-corrected chi connectivity index (χ2v) is 7.62. The molecule has 6 heteroatoms. The minimum Gasteiger partial charge on any atom is -0.496 e. The molecular weight excluding hydrogens is 380 g/mol. The number of hydrogen-bond donors (Lipinski definition) is 1. The molecule has 30 heavy (non-hydrogen) atoms. The molecule has 2 amide bonds. The number of methoxy groups -OCH3 is 1. The summed E-state index contributed by atoms with van der Waals surface area (Å²) in [6.07, 6.45) is 1.81. The smallest absolute Gasteiger partial charge is 0.255 e. The molecule has 2 aromatic rings. The first kappa shape index (κ1) is 21.6. The molecule has 1 heterocycles. The SMILES string of the molecule is COc1ccccc1C(=O)NC1CCN(C(=O)CCC(=O)c2ccc(C)cc2)CC1. The van der Waals surface area contributed by atoms with E-state index in [4.69, 9.17) is 4.74 Å². The Kier molecular flexibility index (Phi) is 7.22. The lowest BCUT2D eigenvalue weighted by atomic mass is 10.0. The Labute approximate surface area is 177 Å². The summed E-state index contributed by atoms with van der Waals surface area (Å²) in [7, 11) is 1.54. The summed E-state index contributed by atoms with van der Waals surface area (Å²) in [4.78, 5) is 39.1. The van der Waals surface area contributed by atoms with Gasteiger partial charge in [-0.2, -0.15) is 0 Å². The summed E-state index contributed by atoms with van der Waals surface area (Å²) in [5, 5.41) is 3.03. The van der Waals surface area contributed by atoms with E-state index in [1.165, 1.54) is 0 Å². The summed E-state index contributed by atoms with van der Waals surface area (Å²) in [6, 6.07) is 14.5. The van der Waals surface area contributed by atoms with E-state index in [-0.39, 0.29) is 36.5 Å². The van der Waals surface area contributed by atoms with Crippen LogP contribution in [0, 0.1) is 6.92 Å². The number of benzene rings is 2. The van der Waals surface area contributed by atoms with Gasteiger partial charge in [0.15, 0.2) is 5.78 Å². The van der Waals surface area contributed by atoms with Crippen molar-refractivity contribution in [3.05, 3.63) is 65.2 Å². The molecule has 1 N–H and O–H groups in total. The van der Waals surface area contributed by atoms with Crippen molar-refractivity contribution < 1.29 is 19.1 Å². The van der Waals surface area contributed by atoms with Crippen molar-refractivity contribution in [2.45, 2.75) is 38.6 Å². The van der Waals surface area contributed by atoms with Crippen LogP contribution in [0.4, 0.5) is 0 Å². The van der Waals surface area contributed by atoms with Gasteiger partial charge in [-0.15, -0.1) is 0 Å². The van der Waals surface area contributed by atoms with Crippen LogP contribution in [0.5, 0.6) is 5.75 Å². The number of hydrogen-bond acceptors (Lipinski definition) is 4. The van der Waals surface area contributed by atoms with E-state index in [2.05, 4.69) is 5.32 Å². The van der Waals surface area contributed by atoms with Gasteiger partial charge in [-0.05, 0) is 31.9 Å². The Morgan fingerprint density at radius 2 is 1.67 bits per heavy atom. The number of Topliss-reactive ketones (excluding diaryl/α,β-unsaturated/α-hetero) is 1. The van der Waals surface area contributed by atoms with Crippen LogP contribution < -0.4 is 10.1 Å². The molecule has 0 aliphatic carbocycles. The third-order valence-electron chi connectivity index (χ3n) is 5.47. The first-order valence-corrected chi connectivity index (χ1v) is 10.3. The van der Waals surface area contributed by atoms with Gasteiger partial charge in [0, 0.05) is 37.5 Å². The molecule has 6 nitrogen and oxygen atoms in total. The van der Waals surface area contributed by atoms with Crippen molar-refractivity contribution >= 4 is 17.6 Å². The van der Waals surface area contributed by atoms with Crippen molar-refractivity contribution in [2.75, 3.05) is 20.2 Å². The number of nitrogens with zero attached hydrogens (tertiary/aromatic N) is 1. The Bertz CT molecular complexity index is 900. The maximum atomic E-state index is 12.5. The van der Waals surface area contributed by atoms with Crippen LogP contribution in [0.3, 0.4) is 0 Å². The normalized spacial score (nSPS) is 14.3. The van der Waals surface area contributed by atoms with Crippen molar-refractivity contribution in [1.82, 2.24) is 10.2 Å². The lowest BCUT2D eigenvalue weighted by molar-refractivity contribution is -0.132. The first-order chi connectivity index (χ1) is 14.5. The standard InChI is InChI=1S/C24H28N2O4/c1-17-7-9-18(10-8-17)21(27)11-12-23(28)26-15-13-19(14-16-26)25-24(29)20-5-3-4-6-22(20)30-2/h3-10,19H,11-16H2,1-2H3,(H,25,29). The highest BCUT2D eigenvalue weighted by Crippen LogP contribution is 2.19. The number of aryl methyl sites for hydroxylation is 1.